The van der Waals surface area contributed by atoms with Crippen LogP contribution in [0.25, 0.3) is 0 Å². The second-order valence-electron chi connectivity index (χ2n) is 7.38. The zero-order valence-corrected chi connectivity index (χ0v) is 18.9. The van der Waals surface area contributed by atoms with E-state index in [0.29, 0.717) is 10.6 Å². The summed E-state index contributed by atoms with van der Waals surface area (Å²) in [5.74, 6) is -0.682. The molecular formula is C21H29ClN2O7. The molecule has 1 atom stereocenters. The number of hydrogen-bond donors (Lipinski definition) is 1. The number of esters is 1. The lowest BCUT2D eigenvalue weighted by atomic mass is 10.2. The van der Waals surface area contributed by atoms with Gasteiger partial charge in [-0.15, -0.1) is 0 Å². The molecule has 0 spiro atoms. The minimum Gasteiger partial charge on any atom is -0.460 e. The van der Waals surface area contributed by atoms with Crippen LogP contribution in [-0.2, 0) is 30.4 Å². The van der Waals surface area contributed by atoms with Gasteiger partial charge in [-0.05, 0) is 26.8 Å². The minimum absolute atomic E-state index is 0.0134. The van der Waals surface area contributed by atoms with Crippen molar-refractivity contribution in [3.05, 3.63) is 47.5 Å². The number of nitrogens with one attached hydrogen (secondary N) is 1. The van der Waals surface area contributed by atoms with Gasteiger partial charge in [-0.25, -0.2) is 14.4 Å². The first kappa shape index (κ1) is 26.3. The van der Waals surface area contributed by atoms with E-state index in [9.17, 15) is 14.4 Å². The number of amides is 2. The maximum absolute atomic E-state index is 12.2. The Morgan fingerprint density at radius 3 is 2.52 bits per heavy atom. The number of ether oxygens (including phenoxy) is 3. The summed E-state index contributed by atoms with van der Waals surface area (Å²) in [6, 6.07) is 5.93. The van der Waals surface area contributed by atoms with Crippen molar-refractivity contribution in [1.29, 1.82) is 0 Å². The van der Waals surface area contributed by atoms with Gasteiger partial charge in [0.2, 0.25) is 0 Å². The maximum atomic E-state index is 12.2. The van der Waals surface area contributed by atoms with Crippen LogP contribution >= 0.6 is 11.6 Å². The fourth-order valence-electron chi connectivity index (χ4n) is 2.15. The van der Waals surface area contributed by atoms with Crippen LogP contribution < -0.4 is 5.32 Å². The van der Waals surface area contributed by atoms with Crippen LogP contribution in [0.5, 0.6) is 0 Å². The van der Waals surface area contributed by atoms with Gasteiger partial charge in [0.25, 0.3) is 0 Å². The third-order valence-electron chi connectivity index (χ3n) is 3.58. The van der Waals surface area contributed by atoms with Crippen LogP contribution in [-0.4, -0.2) is 55.1 Å². The standard InChI is InChI=1S/C21H29ClN2O7/c1-6-12-28-18(25)17(23-19(26)31-21(2,3)4)11-13-30-24(5)20(27)29-14-15-9-7-8-10-16(15)22/h6-10,17H,1,11-14H2,2-5H3,(H,23,26)/t17-/m0/s1. The summed E-state index contributed by atoms with van der Waals surface area (Å²) in [4.78, 5) is 41.5. The highest BCUT2D eigenvalue weighted by molar-refractivity contribution is 6.31. The van der Waals surface area contributed by atoms with Crippen molar-refractivity contribution in [2.24, 2.45) is 0 Å². The van der Waals surface area contributed by atoms with Gasteiger partial charge in [-0.2, -0.15) is 5.06 Å². The molecule has 31 heavy (non-hydrogen) atoms. The van der Waals surface area contributed by atoms with E-state index >= 15 is 0 Å². The molecule has 1 aromatic carbocycles. The molecule has 0 aromatic heterocycles. The van der Waals surface area contributed by atoms with Gasteiger partial charge in [0, 0.05) is 24.1 Å². The lowest BCUT2D eigenvalue weighted by Crippen LogP contribution is -2.45. The Labute approximate surface area is 187 Å². The molecule has 0 bridgehead atoms. The van der Waals surface area contributed by atoms with E-state index in [1.165, 1.54) is 13.1 Å². The van der Waals surface area contributed by atoms with Gasteiger partial charge < -0.3 is 19.5 Å². The van der Waals surface area contributed by atoms with Crippen molar-refractivity contribution >= 4 is 29.8 Å². The average molecular weight is 457 g/mol. The molecule has 172 valence electrons. The molecule has 0 radical (unpaired) electrons. The van der Waals surface area contributed by atoms with Crippen LogP contribution in [0.3, 0.4) is 0 Å². The van der Waals surface area contributed by atoms with E-state index in [4.69, 9.17) is 30.6 Å². The fraction of sp³-hybridized carbons (Fsp3) is 0.476. The first-order valence-electron chi connectivity index (χ1n) is 9.57. The van der Waals surface area contributed by atoms with Crippen molar-refractivity contribution in [2.75, 3.05) is 20.3 Å². The second kappa shape index (κ2) is 12.8. The highest BCUT2D eigenvalue weighted by atomic mass is 35.5. The van der Waals surface area contributed by atoms with Gasteiger partial charge in [0.05, 0.1) is 6.61 Å². The van der Waals surface area contributed by atoms with E-state index < -0.39 is 29.8 Å². The number of carbonyl (C=O) groups is 3. The van der Waals surface area contributed by atoms with Gasteiger partial charge in [0.1, 0.15) is 24.9 Å². The molecule has 1 aromatic rings. The van der Waals surface area contributed by atoms with Crippen LogP contribution in [0, 0.1) is 0 Å². The van der Waals surface area contributed by atoms with Crippen LogP contribution in [0.1, 0.15) is 32.8 Å². The fourth-order valence-corrected chi connectivity index (χ4v) is 2.34. The molecule has 1 rings (SSSR count). The Hall–Kier alpha value is -2.78. The first-order chi connectivity index (χ1) is 14.5. The van der Waals surface area contributed by atoms with Crippen molar-refractivity contribution in [3.8, 4) is 0 Å². The quantitative estimate of drug-likeness (QED) is 0.247. The van der Waals surface area contributed by atoms with E-state index in [1.54, 1.807) is 45.0 Å². The molecule has 0 heterocycles. The molecule has 1 N–H and O–H groups in total. The molecular weight excluding hydrogens is 428 g/mol. The Balaban J connectivity index is 2.54. The lowest BCUT2D eigenvalue weighted by molar-refractivity contribution is -0.148. The van der Waals surface area contributed by atoms with Crippen molar-refractivity contribution in [3.63, 3.8) is 0 Å². The van der Waals surface area contributed by atoms with Gasteiger partial charge >= 0.3 is 18.2 Å². The maximum Gasteiger partial charge on any atom is 0.434 e. The molecule has 0 aliphatic rings. The highest BCUT2D eigenvalue weighted by Crippen LogP contribution is 2.16. The topological polar surface area (TPSA) is 103 Å². The van der Waals surface area contributed by atoms with Crippen LogP contribution in [0.15, 0.2) is 36.9 Å². The summed E-state index contributed by atoms with van der Waals surface area (Å²) in [5.41, 5.74) is -0.0839. The molecule has 0 saturated carbocycles. The zero-order chi connectivity index (χ0) is 23.4. The van der Waals surface area contributed by atoms with Gasteiger partial charge in [-0.1, -0.05) is 42.5 Å². The number of halogens is 1. The van der Waals surface area contributed by atoms with Crippen molar-refractivity contribution in [2.45, 2.75) is 45.4 Å². The Morgan fingerprint density at radius 1 is 1.23 bits per heavy atom. The van der Waals surface area contributed by atoms with Gasteiger partial charge in [-0.3, -0.25) is 4.84 Å². The summed E-state index contributed by atoms with van der Waals surface area (Å²) in [7, 11) is 1.36. The average Bonchev–Trinajstić information content (AvgIpc) is 2.68. The Bertz CT molecular complexity index is 764. The van der Waals surface area contributed by atoms with Crippen LogP contribution in [0.4, 0.5) is 9.59 Å². The smallest absolute Gasteiger partial charge is 0.434 e. The number of carbonyl (C=O) groups excluding carboxylic acids is 3. The van der Waals surface area contributed by atoms with Gasteiger partial charge in [0.15, 0.2) is 0 Å². The number of rotatable bonds is 10. The largest absolute Gasteiger partial charge is 0.460 e. The van der Waals surface area contributed by atoms with Crippen LogP contribution in [0.2, 0.25) is 5.02 Å². The normalized spacial score (nSPS) is 11.8. The number of hydrogen-bond acceptors (Lipinski definition) is 7. The third kappa shape index (κ3) is 10.7. The molecule has 0 aliphatic carbocycles. The first-order valence-corrected chi connectivity index (χ1v) is 9.95. The molecule has 10 heteroatoms. The molecule has 0 aliphatic heterocycles. The number of benzene rings is 1. The molecule has 0 unspecified atom stereocenters. The summed E-state index contributed by atoms with van der Waals surface area (Å²) in [6.07, 6.45) is -0.0923. The SMILES string of the molecule is C=CCOC(=O)[C@H](CCON(C)C(=O)OCc1ccccc1Cl)NC(=O)OC(C)(C)C. The molecule has 0 saturated heterocycles. The lowest BCUT2D eigenvalue weighted by Gasteiger charge is -2.23. The van der Waals surface area contributed by atoms with Crippen molar-refractivity contribution < 1.29 is 33.4 Å². The molecule has 0 fully saturated rings. The van der Waals surface area contributed by atoms with E-state index in [0.717, 1.165) is 5.06 Å². The number of nitrogens with zero attached hydrogens (tertiary/aromatic N) is 1. The number of alkyl carbamates (subject to hydrolysis) is 1. The highest BCUT2D eigenvalue weighted by Gasteiger charge is 2.26. The summed E-state index contributed by atoms with van der Waals surface area (Å²) in [6.45, 7) is 8.45. The third-order valence-corrected chi connectivity index (χ3v) is 3.95. The Kier molecular flexibility index (Phi) is 10.8. The zero-order valence-electron chi connectivity index (χ0n) is 18.2. The monoisotopic (exact) mass is 456 g/mol. The van der Waals surface area contributed by atoms with E-state index in [1.807, 2.05) is 0 Å². The summed E-state index contributed by atoms with van der Waals surface area (Å²) < 4.78 is 15.3. The molecule has 2 amide bonds. The van der Waals surface area contributed by atoms with Crippen molar-refractivity contribution in [1.82, 2.24) is 10.4 Å². The summed E-state index contributed by atoms with van der Waals surface area (Å²) >= 11 is 6.02. The minimum atomic E-state index is -1.04. The van der Waals surface area contributed by atoms with E-state index in [2.05, 4.69) is 11.9 Å². The second-order valence-corrected chi connectivity index (χ2v) is 7.79. The Morgan fingerprint density at radius 2 is 1.90 bits per heavy atom. The summed E-state index contributed by atoms with van der Waals surface area (Å²) in [5, 5.41) is 3.80. The predicted octanol–water partition coefficient (Wildman–Crippen LogP) is 3.85. The van der Waals surface area contributed by atoms with E-state index in [-0.39, 0.29) is 26.2 Å². The predicted molar refractivity (Wildman–Crippen MR) is 114 cm³/mol. The molecule has 9 nitrogen and oxygen atoms in total. The number of hydroxylamine groups is 2.